The molecule has 3 atom stereocenters. The van der Waals surface area contributed by atoms with Crippen LogP contribution < -0.4 is 10.6 Å². The van der Waals surface area contributed by atoms with Crippen LogP contribution in [0, 0.1) is 17.2 Å². The number of hydrogen-bond donors (Lipinski definition) is 3. The molecule has 40 heavy (non-hydrogen) atoms. The largest absolute Gasteiger partial charge is 0.437 e. The number of nitrogens with zero attached hydrogens (tertiary/aromatic N) is 1. The molecule has 0 saturated carbocycles. The lowest BCUT2D eigenvalue weighted by Gasteiger charge is -2.45. The fraction of sp³-hybridized carbons (Fsp3) is 0.250. The maximum Gasteiger partial charge on any atom is 0.437 e. The molecule has 0 unspecified atom stereocenters. The van der Waals surface area contributed by atoms with Gasteiger partial charge in [0.1, 0.15) is 0 Å². The predicted molar refractivity (Wildman–Crippen MR) is 150 cm³/mol. The Kier molecular flexibility index (Phi) is 8.95. The summed E-state index contributed by atoms with van der Waals surface area (Å²) < 4.78 is 43.9. The van der Waals surface area contributed by atoms with Crippen LogP contribution in [0.15, 0.2) is 76.6 Å². The average molecular weight is 606 g/mol. The number of nitrogens with one attached hydrogen (secondary N) is 2. The monoisotopic (exact) mass is 605 g/mol. The van der Waals surface area contributed by atoms with Crippen LogP contribution in [0.2, 0.25) is 5.02 Å². The number of ketones is 1. The SMILES string of the molecule is CCc1ccc(NC(=O)CSC2=C(C#N)[C@H](c3ccccc3Cl)[C@@H](C(=O)c3cccs3)[C@](O)(C(F)(F)F)N2)cc1. The Morgan fingerprint density at radius 2 is 1.88 bits per heavy atom. The molecule has 1 aliphatic heterocycles. The van der Waals surface area contributed by atoms with Crippen molar-refractivity contribution in [2.75, 3.05) is 11.1 Å². The summed E-state index contributed by atoms with van der Waals surface area (Å²) in [5, 5.41) is 27.3. The second kappa shape index (κ2) is 12.1. The van der Waals surface area contributed by atoms with Crippen molar-refractivity contribution in [1.82, 2.24) is 5.32 Å². The van der Waals surface area contributed by atoms with E-state index in [1.807, 2.05) is 30.4 Å². The molecule has 3 aromatic rings. The summed E-state index contributed by atoms with van der Waals surface area (Å²) in [5.74, 6) is -5.67. The highest BCUT2D eigenvalue weighted by Gasteiger charge is 2.66. The predicted octanol–water partition coefficient (Wildman–Crippen LogP) is 6.51. The van der Waals surface area contributed by atoms with Gasteiger partial charge in [0.2, 0.25) is 11.6 Å². The van der Waals surface area contributed by atoms with E-state index < -0.39 is 35.4 Å². The molecular weight excluding hydrogens is 583 g/mol. The van der Waals surface area contributed by atoms with Crippen molar-refractivity contribution in [1.29, 1.82) is 5.26 Å². The van der Waals surface area contributed by atoms with Crippen molar-refractivity contribution in [2.45, 2.75) is 31.2 Å². The standard InChI is InChI=1S/C28H23ClF3N3O3S2/c1-2-16-9-11-17(12-10-16)34-22(36)15-40-26-19(14-33)23(18-6-3-4-7-20(18)29)24(25(37)21-8-5-13-39-21)27(38,35-26)28(30,31)32/h3-13,23-24,35,38H,2,15H2,1H3,(H,34,36)/t23-,24-,27-/m0/s1. The van der Waals surface area contributed by atoms with Gasteiger partial charge in [-0.15, -0.1) is 11.3 Å². The van der Waals surface area contributed by atoms with Gasteiger partial charge in [0.15, 0.2) is 5.78 Å². The van der Waals surface area contributed by atoms with E-state index in [1.54, 1.807) is 18.2 Å². The zero-order valence-electron chi connectivity index (χ0n) is 21.0. The fourth-order valence-corrected chi connectivity index (χ4v) is 6.34. The number of alkyl halides is 3. The molecule has 1 amide bonds. The molecule has 2 aromatic carbocycles. The Labute approximate surface area is 241 Å². The Morgan fingerprint density at radius 3 is 2.45 bits per heavy atom. The van der Waals surface area contributed by atoms with Gasteiger partial charge in [-0.25, -0.2) is 0 Å². The van der Waals surface area contributed by atoms with E-state index in [0.29, 0.717) is 17.4 Å². The van der Waals surface area contributed by atoms with Gasteiger partial charge in [-0.1, -0.05) is 66.7 Å². The number of thiophene rings is 1. The molecular formula is C28H23ClF3N3O3S2. The van der Waals surface area contributed by atoms with E-state index >= 15 is 0 Å². The number of thioether (sulfide) groups is 1. The number of benzene rings is 2. The van der Waals surface area contributed by atoms with E-state index in [0.717, 1.165) is 23.3 Å². The lowest BCUT2D eigenvalue weighted by Crippen LogP contribution is -2.66. The highest BCUT2D eigenvalue weighted by atomic mass is 35.5. The van der Waals surface area contributed by atoms with Crippen LogP contribution in [0.1, 0.15) is 33.6 Å². The number of amides is 1. The molecule has 2 heterocycles. The van der Waals surface area contributed by atoms with E-state index in [2.05, 4.69) is 5.32 Å². The molecule has 0 fully saturated rings. The molecule has 0 saturated heterocycles. The molecule has 0 aliphatic carbocycles. The number of carbonyl (C=O) groups is 2. The van der Waals surface area contributed by atoms with Gasteiger partial charge < -0.3 is 15.7 Å². The molecule has 0 radical (unpaired) electrons. The maximum atomic E-state index is 14.6. The van der Waals surface area contributed by atoms with Crippen molar-refractivity contribution in [3.63, 3.8) is 0 Å². The lowest BCUT2D eigenvalue weighted by molar-refractivity contribution is -0.285. The van der Waals surface area contributed by atoms with Crippen LogP contribution in [0.25, 0.3) is 0 Å². The molecule has 0 spiro atoms. The summed E-state index contributed by atoms with van der Waals surface area (Å²) in [5.41, 5.74) is -2.39. The van der Waals surface area contributed by atoms with Crippen molar-refractivity contribution in [3.05, 3.63) is 97.7 Å². The van der Waals surface area contributed by atoms with E-state index in [-0.39, 0.29) is 31.8 Å². The van der Waals surface area contributed by atoms with Crippen molar-refractivity contribution < 1.29 is 27.9 Å². The number of allylic oxidation sites excluding steroid dienone is 1. The first-order valence-corrected chi connectivity index (χ1v) is 14.3. The molecule has 208 valence electrons. The van der Waals surface area contributed by atoms with Gasteiger partial charge in [0.05, 0.1) is 33.2 Å². The quantitative estimate of drug-likeness (QED) is 0.253. The molecule has 4 rings (SSSR count). The summed E-state index contributed by atoms with van der Waals surface area (Å²) in [6.45, 7) is 1.98. The Balaban J connectivity index is 1.77. The van der Waals surface area contributed by atoms with E-state index in [1.165, 1.54) is 35.7 Å². The summed E-state index contributed by atoms with van der Waals surface area (Å²) in [7, 11) is 0. The van der Waals surface area contributed by atoms with Gasteiger partial charge in [-0.05, 0) is 47.2 Å². The highest BCUT2D eigenvalue weighted by molar-refractivity contribution is 8.03. The van der Waals surface area contributed by atoms with Crippen LogP contribution in [0.4, 0.5) is 18.9 Å². The van der Waals surface area contributed by atoms with Gasteiger partial charge in [-0.3, -0.25) is 9.59 Å². The molecule has 12 heteroatoms. The number of aryl methyl sites for hydroxylation is 1. The maximum absolute atomic E-state index is 14.6. The van der Waals surface area contributed by atoms with Crippen molar-refractivity contribution in [2.24, 2.45) is 5.92 Å². The minimum absolute atomic E-state index is 0.0200. The molecule has 0 bridgehead atoms. The first-order valence-electron chi connectivity index (χ1n) is 12.1. The number of nitriles is 1. The third-order valence-corrected chi connectivity index (χ3v) is 8.72. The Morgan fingerprint density at radius 1 is 1.18 bits per heavy atom. The second-order valence-electron chi connectivity index (χ2n) is 8.95. The molecule has 1 aliphatic rings. The third-order valence-electron chi connectivity index (χ3n) is 6.48. The fourth-order valence-electron chi connectivity index (χ4n) is 4.48. The normalized spacial score (nSPS) is 20.9. The second-order valence-corrected chi connectivity index (χ2v) is 11.3. The topological polar surface area (TPSA) is 102 Å². The number of rotatable bonds is 8. The van der Waals surface area contributed by atoms with E-state index in [9.17, 15) is 33.1 Å². The zero-order valence-corrected chi connectivity index (χ0v) is 23.3. The van der Waals surface area contributed by atoms with Gasteiger partial charge >= 0.3 is 6.18 Å². The molecule has 6 nitrogen and oxygen atoms in total. The smallest absolute Gasteiger partial charge is 0.363 e. The number of anilines is 1. The molecule has 3 N–H and O–H groups in total. The summed E-state index contributed by atoms with van der Waals surface area (Å²) in [6.07, 6.45) is -4.54. The Bertz CT molecular complexity index is 1470. The first kappa shape index (κ1) is 29.7. The average Bonchev–Trinajstić information content (AvgIpc) is 3.46. The minimum Gasteiger partial charge on any atom is -0.363 e. The van der Waals surface area contributed by atoms with Crippen molar-refractivity contribution in [3.8, 4) is 6.07 Å². The third kappa shape index (κ3) is 5.90. The van der Waals surface area contributed by atoms with E-state index in [4.69, 9.17) is 11.6 Å². The van der Waals surface area contributed by atoms with Crippen LogP contribution >= 0.6 is 34.7 Å². The van der Waals surface area contributed by atoms with Gasteiger partial charge in [0, 0.05) is 16.6 Å². The summed E-state index contributed by atoms with van der Waals surface area (Å²) in [4.78, 5) is 26.2. The number of carbonyl (C=O) groups excluding carboxylic acids is 2. The lowest BCUT2D eigenvalue weighted by atomic mass is 9.70. The van der Waals surface area contributed by atoms with Crippen LogP contribution in [0.5, 0.6) is 0 Å². The summed E-state index contributed by atoms with van der Waals surface area (Å²) >= 11 is 7.91. The Hall–Kier alpha value is -3.30. The van der Waals surface area contributed by atoms with Crippen LogP contribution in [-0.4, -0.2) is 34.5 Å². The highest BCUT2D eigenvalue weighted by Crippen LogP contribution is 2.52. The minimum atomic E-state index is -5.35. The summed E-state index contributed by atoms with van der Waals surface area (Å²) in [6, 6.07) is 17.8. The number of hydrogen-bond acceptors (Lipinski definition) is 7. The number of aliphatic hydroxyl groups is 1. The number of halogens is 4. The van der Waals surface area contributed by atoms with Crippen LogP contribution in [-0.2, 0) is 11.2 Å². The van der Waals surface area contributed by atoms with Crippen molar-refractivity contribution >= 4 is 52.1 Å². The first-order chi connectivity index (χ1) is 19.0. The van der Waals surface area contributed by atoms with Gasteiger partial charge in [0.25, 0.3) is 0 Å². The van der Waals surface area contributed by atoms with Crippen LogP contribution in [0.3, 0.4) is 0 Å². The zero-order chi connectivity index (χ0) is 29.1. The number of Topliss-reactive ketones (excluding diaryl/α,β-unsaturated/α-hetero) is 1. The van der Waals surface area contributed by atoms with Gasteiger partial charge in [-0.2, -0.15) is 18.4 Å². The molecule has 1 aromatic heterocycles.